The van der Waals surface area contributed by atoms with Crippen molar-refractivity contribution in [2.24, 2.45) is 5.92 Å². The maximum Gasteiger partial charge on any atom is 0.169 e. The number of aliphatic hydroxyl groups excluding tert-OH is 1. The van der Waals surface area contributed by atoms with Gasteiger partial charge in [0.2, 0.25) is 0 Å². The van der Waals surface area contributed by atoms with Gasteiger partial charge < -0.3 is 20.1 Å². The van der Waals surface area contributed by atoms with Gasteiger partial charge in [-0.3, -0.25) is 4.79 Å². The standard InChI is InChI=1S/C22H25N3O3/c1-13-10-17-18(25-13)7-4-15(21(17)26)12-24-19-8-9-20(22(19)27)28-16-5-2-14(11-23)3-6-16/h2-3,5-6,10,15,19-20,22,24-25,27H,4,7-9,12H2,1H3. The van der Waals surface area contributed by atoms with Gasteiger partial charge in [0.25, 0.3) is 0 Å². The molecule has 0 bridgehead atoms. The number of nitriles is 1. The molecule has 4 atom stereocenters. The van der Waals surface area contributed by atoms with Crippen LogP contribution in [-0.4, -0.2) is 40.7 Å². The number of ether oxygens (including phenoxy) is 1. The summed E-state index contributed by atoms with van der Waals surface area (Å²) >= 11 is 0. The predicted molar refractivity (Wildman–Crippen MR) is 104 cm³/mol. The number of benzene rings is 1. The van der Waals surface area contributed by atoms with Crippen LogP contribution < -0.4 is 10.1 Å². The molecule has 3 N–H and O–H groups in total. The number of ketones is 1. The van der Waals surface area contributed by atoms with Crippen LogP contribution in [0.3, 0.4) is 0 Å². The van der Waals surface area contributed by atoms with E-state index in [-0.39, 0.29) is 23.8 Å². The maximum atomic E-state index is 12.7. The number of nitrogens with zero attached hydrogens (tertiary/aromatic N) is 1. The van der Waals surface area contributed by atoms with Crippen molar-refractivity contribution >= 4 is 5.78 Å². The van der Waals surface area contributed by atoms with Crippen molar-refractivity contribution in [1.82, 2.24) is 10.3 Å². The summed E-state index contributed by atoms with van der Waals surface area (Å²) in [4.78, 5) is 16.0. The highest BCUT2D eigenvalue weighted by Crippen LogP contribution is 2.28. The van der Waals surface area contributed by atoms with Crippen LogP contribution in [0.5, 0.6) is 5.75 Å². The Kier molecular flexibility index (Phi) is 5.21. The van der Waals surface area contributed by atoms with Gasteiger partial charge in [-0.25, -0.2) is 0 Å². The third kappa shape index (κ3) is 3.68. The fraction of sp³-hybridized carbons (Fsp3) is 0.455. The number of H-pyrrole nitrogens is 1. The molecule has 146 valence electrons. The van der Waals surface area contributed by atoms with E-state index in [9.17, 15) is 9.90 Å². The Balaban J connectivity index is 1.31. The molecular weight excluding hydrogens is 354 g/mol. The zero-order valence-corrected chi connectivity index (χ0v) is 15.9. The largest absolute Gasteiger partial charge is 0.488 e. The molecule has 0 saturated heterocycles. The minimum Gasteiger partial charge on any atom is -0.488 e. The van der Waals surface area contributed by atoms with Gasteiger partial charge in [0.1, 0.15) is 18.0 Å². The number of aliphatic hydroxyl groups is 1. The number of Topliss-reactive ketones (excluding diaryl/α,β-unsaturated/α-hetero) is 1. The van der Waals surface area contributed by atoms with Crippen molar-refractivity contribution in [3.63, 3.8) is 0 Å². The van der Waals surface area contributed by atoms with E-state index in [0.29, 0.717) is 17.9 Å². The molecule has 0 radical (unpaired) electrons. The third-order valence-corrected chi connectivity index (χ3v) is 5.87. The Morgan fingerprint density at radius 1 is 1.29 bits per heavy atom. The molecule has 1 saturated carbocycles. The molecule has 0 aliphatic heterocycles. The lowest BCUT2D eigenvalue weighted by molar-refractivity contribution is 0.0441. The smallest absolute Gasteiger partial charge is 0.169 e. The van der Waals surface area contributed by atoms with Crippen molar-refractivity contribution in [3.8, 4) is 11.8 Å². The lowest BCUT2D eigenvalue weighted by Gasteiger charge is -2.25. The first-order valence-electron chi connectivity index (χ1n) is 9.86. The lowest BCUT2D eigenvalue weighted by Crippen LogP contribution is -2.44. The number of carbonyl (C=O) groups is 1. The Labute approximate surface area is 164 Å². The summed E-state index contributed by atoms with van der Waals surface area (Å²) in [5, 5.41) is 22.9. The second-order valence-corrected chi connectivity index (χ2v) is 7.82. The predicted octanol–water partition coefficient (Wildman–Crippen LogP) is 2.50. The molecule has 1 fully saturated rings. The molecule has 6 nitrogen and oxygen atoms in total. The molecule has 2 aliphatic carbocycles. The van der Waals surface area contributed by atoms with E-state index < -0.39 is 6.10 Å². The summed E-state index contributed by atoms with van der Waals surface area (Å²) in [7, 11) is 0. The molecule has 4 unspecified atom stereocenters. The van der Waals surface area contributed by atoms with Crippen LogP contribution in [0, 0.1) is 24.2 Å². The molecular formula is C22H25N3O3. The van der Waals surface area contributed by atoms with Gasteiger partial charge in [0.05, 0.1) is 11.6 Å². The van der Waals surface area contributed by atoms with Crippen LogP contribution in [0.15, 0.2) is 30.3 Å². The number of fused-ring (bicyclic) bond motifs is 1. The molecule has 0 spiro atoms. The van der Waals surface area contributed by atoms with Gasteiger partial charge in [-0.05, 0) is 62.9 Å². The number of hydrogen-bond donors (Lipinski definition) is 3. The SMILES string of the molecule is Cc1cc2c([nH]1)CCC(CNC1CCC(Oc3ccc(C#N)cc3)C1O)C2=O. The fourth-order valence-electron chi connectivity index (χ4n) is 4.30. The summed E-state index contributed by atoms with van der Waals surface area (Å²) < 4.78 is 5.91. The highest BCUT2D eigenvalue weighted by atomic mass is 16.5. The lowest BCUT2D eigenvalue weighted by atomic mass is 9.86. The normalized spacial score (nSPS) is 26.7. The number of rotatable bonds is 5. The molecule has 2 aliphatic rings. The van der Waals surface area contributed by atoms with E-state index in [1.54, 1.807) is 24.3 Å². The number of nitrogens with one attached hydrogen (secondary N) is 2. The first kappa shape index (κ1) is 18.7. The van der Waals surface area contributed by atoms with Crippen LogP contribution in [0.1, 0.15) is 46.6 Å². The van der Waals surface area contributed by atoms with Crippen molar-refractivity contribution in [2.75, 3.05) is 6.54 Å². The van der Waals surface area contributed by atoms with E-state index >= 15 is 0 Å². The average Bonchev–Trinajstić information content (AvgIpc) is 3.25. The van der Waals surface area contributed by atoms with Gasteiger partial charge in [-0.1, -0.05) is 0 Å². The Bertz CT molecular complexity index is 897. The Morgan fingerprint density at radius 2 is 2.07 bits per heavy atom. The van der Waals surface area contributed by atoms with Crippen LogP contribution in [0.4, 0.5) is 0 Å². The molecule has 1 aromatic heterocycles. The van der Waals surface area contributed by atoms with E-state index in [4.69, 9.17) is 10.00 Å². The second-order valence-electron chi connectivity index (χ2n) is 7.82. The number of hydrogen-bond acceptors (Lipinski definition) is 5. The first-order chi connectivity index (χ1) is 13.5. The van der Waals surface area contributed by atoms with Crippen molar-refractivity contribution < 1.29 is 14.6 Å². The molecule has 1 aromatic carbocycles. The zero-order valence-electron chi connectivity index (χ0n) is 15.9. The number of aromatic nitrogens is 1. The van der Waals surface area contributed by atoms with E-state index in [0.717, 1.165) is 42.6 Å². The van der Waals surface area contributed by atoms with E-state index in [1.807, 2.05) is 13.0 Å². The maximum absolute atomic E-state index is 12.7. The Hall–Kier alpha value is -2.62. The Morgan fingerprint density at radius 3 is 2.82 bits per heavy atom. The summed E-state index contributed by atoms with van der Waals surface area (Å²) in [6, 6.07) is 10.9. The number of aryl methyl sites for hydroxylation is 2. The highest BCUT2D eigenvalue weighted by Gasteiger charge is 2.37. The minimum absolute atomic E-state index is 0.0478. The molecule has 0 amide bonds. The second kappa shape index (κ2) is 7.78. The van der Waals surface area contributed by atoms with Crippen LogP contribution in [0.25, 0.3) is 0 Å². The van der Waals surface area contributed by atoms with Crippen LogP contribution in [-0.2, 0) is 6.42 Å². The van der Waals surface area contributed by atoms with Crippen molar-refractivity contribution in [1.29, 1.82) is 5.26 Å². The van der Waals surface area contributed by atoms with Crippen molar-refractivity contribution in [3.05, 3.63) is 52.8 Å². The highest BCUT2D eigenvalue weighted by molar-refractivity contribution is 6.00. The average molecular weight is 379 g/mol. The number of carbonyl (C=O) groups excluding carboxylic acids is 1. The van der Waals surface area contributed by atoms with Gasteiger partial charge in [-0.2, -0.15) is 5.26 Å². The van der Waals surface area contributed by atoms with E-state index in [1.165, 1.54) is 0 Å². The van der Waals surface area contributed by atoms with Crippen LogP contribution >= 0.6 is 0 Å². The molecule has 6 heteroatoms. The topological polar surface area (TPSA) is 98.1 Å². The van der Waals surface area contributed by atoms with E-state index in [2.05, 4.69) is 16.4 Å². The molecule has 1 heterocycles. The van der Waals surface area contributed by atoms with Gasteiger partial charge >= 0.3 is 0 Å². The van der Waals surface area contributed by atoms with Gasteiger partial charge in [0.15, 0.2) is 5.78 Å². The first-order valence-corrected chi connectivity index (χ1v) is 9.86. The molecule has 28 heavy (non-hydrogen) atoms. The summed E-state index contributed by atoms with van der Waals surface area (Å²) in [6.45, 7) is 2.55. The monoisotopic (exact) mass is 379 g/mol. The minimum atomic E-state index is -0.626. The molecule has 4 rings (SSSR count). The quantitative estimate of drug-likeness (QED) is 0.741. The third-order valence-electron chi connectivity index (χ3n) is 5.87. The summed E-state index contributed by atoms with van der Waals surface area (Å²) in [5.74, 6) is 0.797. The van der Waals surface area contributed by atoms with Gasteiger partial charge in [-0.15, -0.1) is 0 Å². The zero-order chi connectivity index (χ0) is 19.7. The summed E-state index contributed by atoms with van der Waals surface area (Å²) in [5.41, 5.74) is 3.48. The van der Waals surface area contributed by atoms with Crippen LogP contribution in [0.2, 0.25) is 0 Å². The molecule has 2 aromatic rings. The number of aromatic amines is 1. The van der Waals surface area contributed by atoms with Crippen molar-refractivity contribution in [2.45, 2.75) is 50.9 Å². The van der Waals surface area contributed by atoms with Gasteiger partial charge in [0, 0.05) is 35.5 Å². The summed E-state index contributed by atoms with van der Waals surface area (Å²) in [6.07, 6.45) is 2.35. The fourth-order valence-corrected chi connectivity index (χ4v) is 4.30.